The SMILES string of the molecule is CCCCC(CC)CN=C=NCC(C)c1ccccc1. The molecule has 1 aromatic carbocycles. The smallest absolute Gasteiger partial charge is 0.0892 e. The van der Waals surface area contributed by atoms with E-state index in [2.05, 4.69) is 61.0 Å². The van der Waals surface area contributed by atoms with Gasteiger partial charge in [0.05, 0.1) is 19.1 Å². The van der Waals surface area contributed by atoms with Crippen LogP contribution in [-0.4, -0.2) is 19.1 Å². The molecule has 0 aliphatic carbocycles. The van der Waals surface area contributed by atoms with Crippen molar-refractivity contribution in [3.63, 3.8) is 0 Å². The highest BCUT2D eigenvalue weighted by atomic mass is 14.8. The Morgan fingerprint density at radius 3 is 2.40 bits per heavy atom. The molecule has 0 aliphatic rings. The number of benzene rings is 1. The molecule has 2 nitrogen and oxygen atoms in total. The van der Waals surface area contributed by atoms with Gasteiger partial charge in [0.25, 0.3) is 0 Å². The highest BCUT2D eigenvalue weighted by Crippen LogP contribution is 2.14. The molecule has 0 radical (unpaired) electrons. The molecule has 1 aromatic rings. The first-order valence-corrected chi connectivity index (χ1v) is 7.90. The maximum atomic E-state index is 4.34. The third-order valence-corrected chi connectivity index (χ3v) is 3.77. The molecule has 110 valence electrons. The summed E-state index contributed by atoms with van der Waals surface area (Å²) in [5.41, 5.74) is 1.33. The lowest BCUT2D eigenvalue weighted by Gasteiger charge is -2.09. The number of aliphatic imine (C=N–C) groups is 2. The van der Waals surface area contributed by atoms with Crippen molar-refractivity contribution < 1.29 is 0 Å². The molecule has 0 saturated carbocycles. The Hall–Kier alpha value is -1.40. The molecule has 20 heavy (non-hydrogen) atoms. The van der Waals surface area contributed by atoms with E-state index >= 15 is 0 Å². The van der Waals surface area contributed by atoms with Gasteiger partial charge < -0.3 is 0 Å². The lowest BCUT2D eigenvalue weighted by molar-refractivity contribution is 0.463. The molecule has 0 fully saturated rings. The lowest BCUT2D eigenvalue weighted by Crippen LogP contribution is -2.02. The van der Waals surface area contributed by atoms with Gasteiger partial charge in [-0.2, -0.15) is 0 Å². The van der Waals surface area contributed by atoms with Gasteiger partial charge >= 0.3 is 0 Å². The molecule has 0 heterocycles. The van der Waals surface area contributed by atoms with Gasteiger partial charge in [0.15, 0.2) is 0 Å². The summed E-state index contributed by atoms with van der Waals surface area (Å²) in [4.78, 5) is 8.66. The Morgan fingerprint density at radius 2 is 1.75 bits per heavy atom. The van der Waals surface area contributed by atoms with Crippen LogP contribution in [0.1, 0.15) is 57.9 Å². The minimum Gasteiger partial charge on any atom is -0.225 e. The third kappa shape index (κ3) is 6.68. The summed E-state index contributed by atoms with van der Waals surface area (Å²) in [7, 11) is 0. The summed E-state index contributed by atoms with van der Waals surface area (Å²) in [6, 6.07) is 13.4. The summed E-state index contributed by atoms with van der Waals surface area (Å²) in [5.74, 6) is 1.13. The number of hydrogen-bond acceptors (Lipinski definition) is 2. The van der Waals surface area contributed by atoms with Crippen LogP contribution in [0.2, 0.25) is 0 Å². The molecule has 0 saturated heterocycles. The van der Waals surface area contributed by atoms with E-state index in [9.17, 15) is 0 Å². The van der Waals surface area contributed by atoms with Crippen LogP contribution in [0.25, 0.3) is 0 Å². The van der Waals surface area contributed by atoms with E-state index in [1.807, 2.05) is 6.07 Å². The van der Waals surface area contributed by atoms with Gasteiger partial charge in [0.2, 0.25) is 0 Å². The number of nitrogens with zero attached hydrogens (tertiary/aromatic N) is 2. The third-order valence-electron chi connectivity index (χ3n) is 3.77. The van der Waals surface area contributed by atoms with Crippen molar-refractivity contribution >= 4 is 6.01 Å². The average molecular weight is 272 g/mol. The fourth-order valence-corrected chi connectivity index (χ4v) is 2.20. The van der Waals surface area contributed by atoms with Crippen LogP contribution in [0.15, 0.2) is 40.3 Å². The Balaban J connectivity index is 2.34. The Bertz CT molecular complexity index is 405. The van der Waals surface area contributed by atoms with Gasteiger partial charge in [-0.05, 0) is 17.9 Å². The molecule has 0 aromatic heterocycles. The van der Waals surface area contributed by atoms with Gasteiger partial charge in [-0.3, -0.25) is 0 Å². The van der Waals surface area contributed by atoms with E-state index in [-0.39, 0.29) is 0 Å². The van der Waals surface area contributed by atoms with Crippen LogP contribution in [-0.2, 0) is 0 Å². The molecule has 2 atom stereocenters. The zero-order valence-electron chi connectivity index (χ0n) is 13.2. The molecule has 2 unspecified atom stereocenters. The second kappa shape index (κ2) is 10.4. The molecule has 1 rings (SSSR count). The first-order chi connectivity index (χ1) is 9.77. The molecule has 0 amide bonds. The molecule has 2 heteroatoms. The Kier molecular flexibility index (Phi) is 8.66. The van der Waals surface area contributed by atoms with E-state index in [0.29, 0.717) is 11.8 Å². The van der Waals surface area contributed by atoms with E-state index in [1.54, 1.807) is 0 Å². The average Bonchev–Trinajstić information content (AvgIpc) is 2.50. The van der Waals surface area contributed by atoms with E-state index < -0.39 is 0 Å². The maximum Gasteiger partial charge on any atom is 0.0892 e. The minimum absolute atomic E-state index is 0.431. The monoisotopic (exact) mass is 272 g/mol. The second-order valence-corrected chi connectivity index (χ2v) is 5.51. The first-order valence-electron chi connectivity index (χ1n) is 7.90. The first kappa shape index (κ1) is 16.7. The van der Waals surface area contributed by atoms with Gasteiger partial charge in [-0.25, -0.2) is 9.98 Å². The van der Waals surface area contributed by atoms with Crippen molar-refractivity contribution in [2.24, 2.45) is 15.9 Å². The molecular formula is C18H28N2. The van der Waals surface area contributed by atoms with Crippen LogP contribution in [0.3, 0.4) is 0 Å². The summed E-state index contributed by atoms with van der Waals surface area (Å²) >= 11 is 0. The topological polar surface area (TPSA) is 24.7 Å². The zero-order chi connectivity index (χ0) is 14.6. The Labute approximate surface area is 124 Å². The van der Waals surface area contributed by atoms with Crippen LogP contribution in [0, 0.1) is 5.92 Å². The molecule has 0 bridgehead atoms. The van der Waals surface area contributed by atoms with Crippen LogP contribution in [0.5, 0.6) is 0 Å². The highest BCUT2D eigenvalue weighted by molar-refractivity contribution is 5.41. The number of rotatable bonds is 9. The second-order valence-electron chi connectivity index (χ2n) is 5.51. The van der Waals surface area contributed by atoms with E-state index in [4.69, 9.17) is 0 Å². The van der Waals surface area contributed by atoms with Gasteiger partial charge in [0.1, 0.15) is 0 Å². The highest BCUT2D eigenvalue weighted by Gasteiger charge is 2.04. The van der Waals surface area contributed by atoms with Crippen molar-refractivity contribution in [1.82, 2.24) is 0 Å². The van der Waals surface area contributed by atoms with Crippen molar-refractivity contribution in [2.45, 2.75) is 52.4 Å². The van der Waals surface area contributed by atoms with Crippen molar-refractivity contribution in [3.8, 4) is 0 Å². The standard InChI is InChI=1S/C18H28N2/c1-4-6-10-17(5-2)14-20-15-19-13-16(3)18-11-8-7-9-12-18/h7-9,11-12,16-17H,4-6,10,13-14H2,1-3H3. The van der Waals surface area contributed by atoms with Gasteiger partial charge in [-0.15, -0.1) is 0 Å². The van der Waals surface area contributed by atoms with Crippen LogP contribution in [0.4, 0.5) is 0 Å². The predicted molar refractivity (Wildman–Crippen MR) is 87.8 cm³/mol. The Morgan fingerprint density at radius 1 is 1.05 bits per heavy atom. The van der Waals surface area contributed by atoms with Gasteiger partial charge in [-0.1, -0.05) is 70.4 Å². The minimum atomic E-state index is 0.431. The molecule has 0 aliphatic heterocycles. The normalized spacial score (nSPS) is 13.3. The molecular weight excluding hydrogens is 244 g/mol. The maximum absolute atomic E-state index is 4.34. The van der Waals surface area contributed by atoms with Crippen LogP contribution >= 0.6 is 0 Å². The number of unbranched alkanes of at least 4 members (excludes halogenated alkanes) is 1. The van der Waals surface area contributed by atoms with E-state index in [0.717, 1.165) is 13.1 Å². The van der Waals surface area contributed by atoms with Crippen molar-refractivity contribution in [1.29, 1.82) is 0 Å². The van der Waals surface area contributed by atoms with Crippen LogP contribution < -0.4 is 0 Å². The summed E-state index contributed by atoms with van der Waals surface area (Å²) in [6.45, 7) is 8.31. The van der Waals surface area contributed by atoms with Gasteiger partial charge in [0, 0.05) is 5.92 Å². The summed E-state index contributed by atoms with van der Waals surface area (Å²) < 4.78 is 0. The summed E-state index contributed by atoms with van der Waals surface area (Å²) in [6.07, 6.45) is 5.04. The quantitative estimate of drug-likeness (QED) is 0.553. The van der Waals surface area contributed by atoms with Crippen molar-refractivity contribution in [2.75, 3.05) is 13.1 Å². The van der Waals surface area contributed by atoms with Crippen molar-refractivity contribution in [3.05, 3.63) is 35.9 Å². The lowest BCUT2D eigenvalue weighted by atomic mass is 10.00. The van der Waals surface area contributed by atoms with E-state index in [1.165, 1.54) is 31.2 Å². The molecule has 0 N–H and O–H groups in total. The largest absolute Gasteiger partial charge is 0.225 e. The predicted octanol–water partition coefficient (Wildman–Crippen LogP) is 5.18. The number of hydrogen-bond donors (Lipinski definition) is 0. The molecule has 0 spiro atoms. The fraction of sp³-hybridized carbons (Fsp3) is 0.611. The summed E-state index contributed by atoms with van der Waals surface area (Å²) in [5, 5.41) is 0. The fourth-order valence-electron chi connectivity index (χ4n) is 2.20. The zero-order valence-corrected chi connectivity index (χ0v) is 13.2.